The summed E-state index contributed by atoms with van der Waals surface area (Å²) in [6.45, 7) is 2.70. The molecule has 0 saturated carbocycles. The van der Waals surface area contributed by atoms with E-state index in [9.17, 15) is 14.0 Å². The second-order valence-electron chi connectivity index (χ2n) is 10.7. The summed E-state index contributed by atoms with van der Waals surface area (Å²) in [7, 11) is 0. The van der Waals surface area contributed by atoms with Crippen molar-refractivity contribution in [2.75, 3.05) is 26.4 Å². The lowest BCUT2D eigenvalue weighted by Crippen LogP contribution is -2.18. The van der Waals surface area contributed by atoms with Crippen LogP contribution in [0.5, 0.6) is 11.5 Å². The first-order chi connectivity index (χ1) is 21.4. The number of ether oxygens (including phenoxy) is 4. The molecule has 3 aromatic carbocycles. The summed E-state index contributed by atoms with van der Waals surface area (Å²) in [6.07, 6.45) is 7.63. The molecule has 10 heteroatoms. The van der Waals surface area contributed by atoms with Crippen LogP contribution in [0.1, 0.15) is 25.7 Å². The highest BCUT2D eigenvalue weighted by Gasteiger charge is 2.17. The Labute approximate surface area is 261 Å². The fourth-order valence-corrected chi connectivity index (χ4v) is 5.52. The lowest BCUT2D eigenvalue weighted by atomic mass is 10.1. The molecule has 0 spiro atoms. The molecule has 2 aliphatic rings. The minimum atomic E-state index is -0.410. The average Bonchev–Trinajstić information content (AvgIpc) is 3.76. The summed E-state index contributed by atoms with van der Waals surface area (Å²) in [6, 6.07) is 18.9. The second kappa shape index (κ2) is 13.8. The van der Waals surface area contributed by atoms with Gasteiger partial charge in [-0.25, -0.2) is 9.18 Å². The van der Waals surface area contributed by atoms with E-state index in [2.05, 4.69) is 15.9 Å². The molecular weight excluding hydrogens is 633 g/mol. The Morgan fingerprint density at radius 2 is 1.43 bits per heavy atom. The predicted octanol–water partition coefficient (Wildman–Crippen LogP) is 6.80. The van der Waals surface area contributed by atoms with Crippen LogP contribution in [0, 0.1) is 5.82 Å². The molecule has 8 nitrogen and oxygen atoms in total. The Hall–Kier alpha value is -3.99. The van der Waals surface area contributed by atoms with Gasteiger partial charge in [0.25, 0.3) is 5.56 Å². The zero-order valence-corrected chi connectivity index (χ0v) is 25.5. The molecule has 2 aliphatic heterocycles. The van der Waals surface area contributed by atoms with E-state index in [0.717, 1.165) is 55.4 Å². The van der Waals surface area contributed by atoms with E-state index in [-0.39, 0.29) is 23.4 Å². The summed E-state index contributed by atoms with van der Waals surface area (Å²) in [5.74, 6) is 1.05. The van der Waals surface area contributed by atoms with Gasteiger partial charge in [0, 0.05) is 24.8 Å². The molecule has 2 atom stereocenters. The molecular formula is C34H31BrFNO7. The van der Waals surface area contributed by atoms with Crippen LogP contribution >= 0.6 is 15.9 Å². The summed E-state index contributed by atoms with van der Waals surface area (Å²) in [4.78, 5) is 24.2. The van der Waals surface area contributed by atoms with Crippen molar-refractivity contribution >= 4 is 37.5 Å². The van der Waals surface area contributed by atoms with E-state index in [1.807, 2.05) is 18.2 Å². The van der Waals surface area contributed by atoms with Crippen LogP contribution in [0.15, 0.2) is 97.7 Å². The van der Waals surface area contributed by atoms with Crippen LogP contribution < -0.4 is 20.7 Å². The third-order valence-corrected chi connectivity index (χ3v) is 8.29. The molecule has 7 rings (SSSR count). The van der Waals surface area contributed by atoms with Gasteiger partial charge in [-0.05, 0) is 119 Å². The Morgan fingerprint density at radius 3 is 2.05 bits per heavy atom. The Morgan fingerprint density at radius 1 is 0.795 bits per heavy atom. The minimum absolute atomic E-state index is 0.144. The molecule has 0 bridgehead atoms. The highest BCUT2D eigenvalue weighted by Crippen LogP contribution is 2.23. The highest BCUT2D eigenvalue weighted by molar-refractivity contribution is 9.10. The number of hydrogen-bond donors (Lipinski definition) is 0. The molecule has 5 aromatic rings. The molecule has 2 fully saturated rings. The van der Waals surface area contributed by atoms with Gasteiger partial charge >= 0.3 is 5.63 Å². The Kier molecular flexibility index (Phi) is 9.40. The van der Waals surface area contributed by atoms with Crippen LogP contribution in [-0.4, -0.2) is 43.2 Å². The average molecular weight is 665 g/mol. The van der Waals surface area contributed by atoms with Crippen molar-refractivity contribution in [3.05, 3.63) is 110 Å². The van der Waals surface area contributed by atoms with E-state index in [1.54, 1.807) is 48.7 Å². The number of rotatable bonds is 7. The summed E-state index contributed by atoms with van der Waals surface area (Å²) >= 11 is 3.12. The van der Waals surface area contributed by atoms with Crippen molar-refractivity contribution in [3.8, 4) is 17.2 Å². The van der Waals surface area contributed by atoms with Gasteiger partial charge in [0.2, 0.25) is 0 Å². The zero-order valence-electron chi connectivity index (χ0n) is 23.9. The Balaban J connectivity index is 0.000000167. The maximum atomic E-state index is 13.8. The highest BCUT2D eigenvalue weighted by atomic mass is 79.9. The number of benzene rings is 3. The zero-order chi connectivity index (χ0) is 30.5. The number of fused-ring (bicyclic) bond motifs is 2. The first-order valence-corrected chi connectivity index (χ1v) is 15.3. The minimum Gasteiger partial charge on any atom is -0.491 e. The third kappa shape index (κ3) is 7.04. The normalized spacial score (nSPS) is 17.9. The maximum Gasteiger partial charge on any atom is 0.343 e. The fourth-order valence-electron chi connectivity index (χ4n) is 5.27. The largest absolute Gasteiger partial charge is 0.491 e. The van der Waals surface area contributed by atoms with Gasteiger partial charge in [0.1, 0.15) is 30.5 Å². The lowest BCUT2D eigenvalue weighted by molar-refractivity contribution is 0.0680. The van der Waals surface area contributed by atoms with Crippen LogP contribution in [0.3, 0.4) is 0 Å². The topological polar surface area (TPSA) is 89.1 Å². The van der Waals surface area contributed by atoms with Crippen molar-refractivity contribution in [1.29, 1.82) is 0 Å². The number of hydrogen-bond acceptors (Lipinski definition) is 7. The van der Waals surface area contributed by atoms with Crippen LogP contribution in [0.2, 0.25) is 0 Å². The standard InChI is InChI=1S/C20H17BrFNO3.C14H14O4/c21-18-6-3-14(11-19(18)22)23-8-7-13-10-15(4-5-17(13)20(23)24)26-12-16-2-1-9-25-16;15-14-13-4-3-11(8-10(13)5-7-17-14)18-9-12-2-1-6-16-12/h3-8,10-11,16H,1-2,9,12H2;3-5,7-8,12H,1-2,6,9H2/t16-;12-/m11/s1. The van der Waals surface area contributed by atoms with E-state index in [1.165, 1.54) is 16.9 Å². The van der Waals surface area contributed by atoms with Gasteiger partial charge in [-0.1, -0.05) is 0 Å². The Bertz CT molecular complexity index is 1880. The van der Waals surface area contributed by atoms with Gasteiger partial charge in [-0.2, -0.15) is 0 Å². The number of aromatic nitrogens is 1. The van der Waals surface area contributed by atoms with Crippen molar-refractivity contribution in [1.82, 2.24) is 4.57 Å². The quantitative estimate of drug-likeness (QED) is 0.189. The molecule has 0 aliphatic carbocycles. The fraction of sp³-hybridized carbons (Fsp3) is 0.294. The molecule has 0 radical (unpaired) electrons. The smallest absolute Gasteiger partial charge is 0.343 e. The number of pyridine rings is 1. The van der Waals surface area contributed by atoms with Gasteiger partial charge < -0.3 is 23.4 Å². The maximum absolute atomic E-state index is 13.8. The van der Waals surface area contributed by atoms with Crippen molar-refractivity contribution < 1.29 is 27.8 Å². The molecule has 0 unspecified atom stereocenters. The molecule has 0 amide bonds. The van der Waals surface area contributed by atoms with E-state index >= 15 is 0 Å². The first-order valence-electron chi connectivity index (χ1n) is 14.6. The van der Waals surface area contributed by atoms with Gasteiger partial charge in [-0.3, -0.25) is 9.36 Å². The van der Waals surface area contributed by atoms with E-state index in [0.29, 0.717) is 39.9 Å². The number of nitrogens with zero attached hydrogens (tertiary/aromatic N) is 1. The van der Waals surface area contributed by atoms with Crippen molar-refractivity contribution in [3.63, 3.8) is 0 Å². The molecule has 2 aromatic heterocycles. The van der Waals surface area contributed by atoms with Gasteiger partial charge in [0.15, 0.2) is 0 Å². The van der Waals surface area contributed by atoms with Gasteiger partial charge in [-0.15, -0.1) is 0 Å². The first kappa shape index (κ1) is 30.1. The summed E-state index contributed by atoms with van der Waals surface area (Å²) in [5, 5.41) is 2.74. The molecule has 2 saturated heterocycles. The van der Waals surface area contributed by atoms with Crippen LogP contribution in [0.25, 0.3) is 27.2 Å². The lowest BCUT2D eigenvalue weighted by Gasteiger charge is -2.12. The molecule has 228 valence electrons. The SMILES string of the molecule is O=c1c2ccc(OC[C@H]3CCCO3)cc2ccn1-c1ccc(Br)c(F)c1.O=c1occc2cc(OC[C@H]3CCCO3)ccc12. The summed E-state index contributed by atoms with van der Waals surface area (Å²) in [5.41, 5.74) is -0.0376. The van der Waals surface area contributed by atoms with Gasteiger partial charge in [0.05, 0.1) is 34.0 Å². The third-order valence-electron chi connectivity index (χ3n) is 7.64. The van der Waals surface area contributed by atoms with E-state index < -0.39 is 5.82 Å². The van der Waals surface area contributed by atoms with Crippen LogP contribution in [0.4, 0.5) is 4.39 Å². The second-order valence-corrected chi connectivity index (χ2v) is 11.5. The van der Waals surface area contributed by atoms with Crippen LogP contribution in [-0.2, 0) is 9.47 Å². The predicted molar refractivity (Wildman–Crippen MR) is 169 cm³/mol. The number of halogens is 2. The van der Waals surface area contributed by atoms with Crippen molar-refractivity contribution in [2.45, 2.75) is 37.9 Å². The monoisotopic (exact) mass is 663 g/mol. The summed E-state index contributed by atoms with van der Waals surface area (Å²) < 4.78 is 42.9. The van der Waals surface area contributed by atoms with Crippen molar-refractivity contribution in [2.24, 2.45) is 0 Å². The molecule has 4 heterocycles. The van der Waals surface area contributed by atoms with E-state index in [4.69, 9.17) is 23.4 Å². The molecule has 0 N–H and O–H groups in total. The molecule has 44 heavy (non-hydrogen) atoms.